The van der Waals surface area contributed by atoms with Crippen LogP contribution in [0.4, 0.5) is 0 Å². The second kappa shape index (κ2) is 2.80. The minimum absolute atomic E-state index is 0.0478. The van der Waals surface area contributed by atoms with E-state index in [4.69, 9.17) is 4.74 Å². The molecule has 2 saturated heterocycles. The number of carbonyl (C=O) groups is 2. The number of imide groups is 1. The summed E-state index contributed by atoms with van der Waals surface area (Å²) in [7, 11) is 0. The predicted molar refractivity (Wildman–Crippen MR) is 44.9 cm³/mol. The van der Waals surface area contributed by atoms with Crippen molar-refractivity contribution < 1.29 is 14.3 Å². The summed E-state index contributed by atoms with van der Waals surface area (Å²) in [5.74, 6) is -0.0957. The molecule has 4 heteroatoms. The average Bonchev–Trinajstić information content (AvgIpc) is 2.84. The van der Waals surface area contributed by atoms with Gasteiger partial charge in [-0.05, 0) is 6.42 Å². The van der Waals surface area contributed by atoms with Crippen LogP contribution >= 0.6 is 0 Å². The highest BCUT2D eigenvalue weighted by molar-refractivity contribution is 6.02. The van der Waals surface area contributed by atoms with Gasteiger partial charge in [0.2, 0.25) is 11.8 Å². The lowest BCUT2D eigenvalue weighted by molar-refractivity contribution is -0.139. The van der Waals surface area contributed by atoms with E-state index in [0.717, 1.165) is 6.42 Å². The Bertz CT molecular complexity index is 242. The molecule has 1 atom stereocenters. The minimum atomic E-state index is -0.199. The normalized spacial score (nSPS) is 32.8. The molecule has 2 fully saturated rings. The Hall–Kier alpha value is -0.900. The number of ether oxygens (including phenoxy) is 1. The molecule has 2 aliphatic heterocycles. The lowest BCUT2D eigenvalue weighted by Crippen LogP contribution is -2.38. The number of epoxide rings is 1. The topological polar surface area (TPSA) is 49.9 Å². The van der Waals surface area contributed by atoms with Gasteiger partial charge in [-0.15, -0.1) is 0 Å². The van der Waals surface area contributed by atoms with Gasteiger partial charge in [-0.2, -0.15) is 0 Å². The maximum atomic E-state index is 11.3. The molecule has 0 aliphatic carbocycles. The maximum absolute atomic E-state index is 11.3. The van der Waals surface area contributed by atoms with Crippen LogP contribution in [0.3, 0.4) is 0 Å². The van der Waals surface area contributed by atoms with Gasteiger partial charge in [0.15, 0.2) is 0 Å². The number of rotatable bonds is 3. The smallest absolute Gasteiger partial charge is 0.229 e. The van der Waals surface area contributed by atoms with Crippen molar-refractivity contribution in [2.45, 2.75) is 31.8 Å². The van der Waals surface area contributed by atoms with Crippen LogP contribution in [-0.2, 0) is 14.3 Å². The van der Waals surface area contributed by atoms with E-state index in [-0.39, 0.29) is 17.4 Å². The van der Waals surface area contributed by atoms with Crippen molar-refractivity contribution in [3.8, 4) is 0 Å². The van der Waals surface area contributed by atoms with Gasteiger partial charge in [-0.3, -0.25) is 14.5 Å². The molecule has 2 aliphatic rings. The van der Waals surface area contributed by atoms with Crippen molar-refractivity contribution in [2.75, 3.05) is 13.2 Å². The Balaban J connectivity index is 2.01. The number of hydrogen-bond donors (Lipinski definition) is 0. The van der Waals surface area contributed by atoms with Gasteiger partial charge in [-0.1, -0.05) is 6.92 Å². The third-order valence-electron chi connectivity index (χ3n) is 2.80. The van der Waals surface area contributed by atoms with Gasteiger partial charge in [0, 0.05) is 12.8 Å². The first-order valence-electron chi connectivity index (χ1n) is 4.64. The highest BCUT2D eigenvalue weighted by Gasteiger charge is 2.47. The molecule has 4 nitrogen and oxygen atoms in total. The molecular weight excluding hydrogens is 170 g/mol. The maximum Gasteiger partial charge on any atom is 0.229 e. The molecule has 0 bridgehead atoms. The van der Waals surface area contributed by atoms with Crippen LogP contribution in [0.15, 0.2) is 0 Å². The SMILES string of the molecule is CCC1(CN2C(=O)CCC2=O)CO1. The van der Waals surface area contributed by atoms with Crippen LogP contribution in [0, 0.1) is 0 Å². The molecule has 0 N–H and O–H groups in total. The first-order chi connectivity index (χ1) is 6.17. The first kappa shape index (κ1) is 8.69. The quantitative estimate of drug-likeness (QED) is 0.467. The lowest BCUT2D eigenvalue weighted by Gasteiger charge is -2.17. The van der Waals surface area contributed by atoms with E-state index in [0.29, 0.717) is 26.0 Å². The molecular formula is C9H13NO3. The van der Waals surface area contributed by atoms with Gasteiger partial charge in [-0.25, -0.2) is 0 Å². The predicted octanol–water partition coefficient (Wildman–Crippen LogP) is 0.314. The van der Waals surface area contributed by atoms with Gasteiger partial charge in [0.05, 0.1) is 13.2 Å². The Morgan fingerprint density at radius 1 is 1.38 bits per heavy atom. The molecule has 0 aromatic rings. The van der Waals surface area contributed by atoms with Crippen molar-refractivity contribution in [1.29, 1.82) is 0 Å². The molecule has 2 heterocycles. The number of nitrogens with zero attached hydrogens (tertiary/aromatic N) is 1. The first-order valence-corrected chi connectivity index (χ1v) is 4.64. The molecule has 2 rings (SSSR count). The van der Waals surface area contributed by atoms with Crippen LogP contribution in [0.1, 0.15) is 26.2 Å². The van der Waals surface area contributed by atoms with Crippen LogP contribution in [0.5, 0.6) is 0 Å². The molecule has 0 spiro atoms. The van der Waals surface area contributed by atoms with E-state index in [1.54, 1.807) is 0 Å². The number of hydrogen-bond acceptors (Lipinski definition) is 3. The van der Waals surface area contributed by atoms with E-state index in [2.05, 4.69) is 0 Å². The lowest BCUT2D eigenvalue weighted by atomic mass is 10.1. The van der Waals surface area contributed by atoms with E-state index < -0.39 is 0 Å². The fourth-order valence-corrected chi connectivity index (χ4v) is 1.60. The zero-order chi connectivity index (χ0) is 9.47. The van der Waals surface area contributed by atoms with E-state index in [1.165, 1.54) is 4.90 Å². The van der Waals surface area contributed by atoms with Crippen LogP contribution < -0.4 is 0 Å². The minimum Gasteiger partial charge on any atom is -0.368 e. The second-order valence-corrected chi connectivity index (χ2v) is 3.70. The molecule has 13 heavy (non-hydrogen) atoms. The Morgan fingerprint density at radius 3 is 2.31 bits per heavy atom. The average molecular weight is 183 g/mol. The van der Waals surface area contributed by atoms with E-state index >= 15 is 0 Å². The number of carbonyl (C=O) groups excluding carboxylic acids is 2. The third-order valence-corrected chi connectivity index (χ3v) is 2.80. The summed E-state index contributed by atoms with van der Waals surface area (Å²) in [5, 5.41) is 0. The zero-order valence-electron chi connectivity index (χ0n) is 7.71. The zero-order valence-corrected chi connectivity index (χ0v) is 7.71. The summed E-state index contributed by atoms with van der Waals surface area (Å²) in [5.41, 5.74) is -0.199. The van der Waals surface area contributed by atoms with Crippen molar-refractivity contribution in [3.05, 3.63) is 0 Å². The molecule has 0 saturated carbocycles. The van der Waals surface area contributed by atoms with Crippen LogP contribution in [-0.4, -0.2) is 35.5 Å². The van der Waals surface area contributed by atoms with Crippen molar-refractivity contribution in [2.24, 2.45) is 0 Å². The largest absolute Gasteiger partial charge is 0.368 e. The fraction of sp³-hybridized carbons (Fsp3) is 0.778. The van der Waals surface area contributed by atoms with E-state index in [1.807, 2.05) is 6.92 Å². The third kappa shape index (κ3) is 1.46. The van der Waals surface area contributed by atoms with Crippen molar-refractivity contribution >= 4 is 11.8 Å². The molecule has 0 aromatic heterocycles. The van der Waals surface area contributed by atoms with Gasteiger partial charge >= 0.3 is 0 Å². The number of likely N-dealkylation sites (tertiary alicyclic amines) is 1. The standard InChI is InChI=1S/C9H13NO3/c1-2-9(6-13-9)5-10-7(11)3-4-8(10)12/h2-6H2,1H3. The highest BCUT2D eigenvalue weighted by Crippen LogP contribution is 2.32. The Labute approximate surface area is 76.8 Å². The highest BCUT2D eigenvalue weighted by atomic mass is 16.6. The van der Waals surface area contributed by atoms with Crippen LogP contribution in [0.2, 0.25) is 0 Å². The van der Waals surface area contributed by atoms with Crippen molar-refractivity contribution in [3.63, 3.8) is 0 Å². The number of amides is 2. The van der Waals surface area contributed by atoms with Gasteiger partial charge < -0.3 is 4.74 Å². The fourth-order valence-electron chi connectivity index (χ4n) is 1.60. The Kier molecular flexibility index (Phi) is 1.87. The summed E-state index contributed by atoms with van der Waals surface area (Å²) in [6, 6.07) is 0. The molecule has 0 aromatic carbocycles. The monoisotopic (exact) mass is 183 g/mol. The van der Waals surface area contributed by atoms with Gasteiger partial charge in [0.25, 0.3) is 0 Å². The van der Waals surface area contributed by atoms with Gasteiger partial charge in [0.1, 0.15) is 5.60 Å². The summed E-state index contributed by atoms with van der Waals surface area (Å²) >= 11 is 0. The second-order valence-electron chi connectivity index (χ2n) is 3.70. The Morgan fingerprint density at radius 2 is 1.92 bits per heavy atom. The summed E-state index contributed by atoms with van der Waals surface area (Å²) in [6.45, 7) is 3.15. The summed E-state index contributed by atoms with van der Waals surface area (Å²) < 4.78 is 5.26. The molecule has 72 valence electrons. The van der Waals surface area contributed by atoms with Crippen molar-refractivity contribution in [1.82, 2.24) is 4.90 Å². The molecule has 2 amide bonds. The summed E-state index contributed by atoms with van der Waals surface area (Å²) in [4.78, 5) is 23.9. The van der Waals surface area contributed by atoms with E-state index in [9.17, 15) is 9.59 Å². The van der Waals surface area contributed by atoms with Crippen LogP contribution in [0.25, 0.3) is 0 Å². The summed E-state index contributed by atoms with van der Waals surface area (Å²) in [6.07, 6.45) is 1.61. The molecule has 0 radical (unpaired) electrons. The molecule has 1 unspecified atom stereocenters.